The molecule has 0 saturated heterocycles. The van der Waals surface area contributed by atoms with Gasteiger partial charge in [0.25, 0.3) is 5.56 Å². The molecule has 2 rings (SSSR count). The Labute approximate surface area is 118 Å². The van der Waals surface area contributed by atoms with E-state index in [-0.39, 0.29) is 23.1 Å². The summed E-state index contributed by atoms with van der Waals surface area (Å²) in [6, 6.07) is 5.40. The topological polar surface area (TPSA) is 90.0 Å². The van der Waals surface area contributed by atoms with Gasteiger partial charge >= 0.3 is 0 Å². The van der Waals surface area contributed by atoms with Crippen LogP contribution in [0.4, 0.5) is 15.8 Å². The summed E-state index contributed by atoms with van der Waals surface area (Å²) in [6.45, 7) is -0.302. The average molecular weight is 297 g/mol. The minimum atomic E-state index is -0.612. The van der Waals surface area contributed by atoms with Crippen LogP contribution in [0, 0.1) is 5.82 Å². The molecule has 0 fully saturated rings. The second-order valence-corrected chi connectivity index (χ2v) is 4.30. The number of nitrogens with zero attached hydrogens (tertiary/aromatic N) is 2. The molecule has 0 aliphatic rings. The second-order valence-electron chi connectivity index (χ2n) is 3.94. The summed E-state index contributed by atoms with van der Waals surface area (Å²) < 4.78 is 14.0. The third kappa shape index (κ3) is 3.12. The number of amides is 1. The monoisotopic (exact) mass is 296 g/mol. The minimum absolute atomic E-state index is 0.114. The summed E-state index contributed by atoms with van der Waals surface area (Å²) in [5.41, 5.74) is 4.87. The molecule has 0 aliphatic heterocycles. The molecule has 6 nitrogen and oxygen atoms in total. The van der Waals surface area contributed by atoms with Crippen molar-refractivity contribution in [3.8, 4) is 0 Å². The van der Waals surface area contributed by atoms with E-state index in [9.17, 15) is 14.0 Å². The van der Waals surface area contributed by atoms with E-state index in [0.29, 0.717) is 0 Å². The molecule has 1 aromatic heterocycles. The van der Waals surface area contributed by atoms with E-state index in [0.717, 1.165) is 17.0 Å². The Balaban J connectivity index is 2.13. The fraction of sp³-hybridized carbons (Fsp3) is 0.0833. The second kappa shape index (κ2) is 5.70. The summed E-state index contributed by atoms with van der Waals surface area (Å²) in [6.07, 6.45) is 1.12. The molecule has 0 saturated carbocycles. The third-order valence-corrected chi connectivity index (χ3v) is 2.75. The van der Waals surface area contributed by atoms with Gasteiger partial charge in [0.05, 0.1) is 6.33 Å². The molecule has 0 aliphatic carbocycles. The first-order chi connectivity index (χ1) is 9.47. The number of nitrogen functional groups attached to an aromatic ring is 1. The first-order valence-corrected chi connectivity index (χ1v) is 5.91. The van der Waals surface area contributed by atoms with Crippen LogP contribution >= 0.6 is 11.6 Å². The lowest BCUT2D eigenvalue weighted by Crippen LogP contribution is -2.29. The zero-order chi connectivity index (χ0) is 14.7. The van der Waals surface area contributed by atoms with Crippen LogP contribution in [-0.4, -0.2) is 15.5 Å². The number of hydrogen-bond acceptors (Lipinski definition) is 4. The summed E-state index contributed by atoms with van der Waals surface area (Å²) in [4.78, 5) is 27.1. The number of carbonyl (C=O) groups is 1. The van der Waals surface area contributed by atoms with Gasteiger partial charge in [-0.25, -0.2) is 9.37 Å². The quantitative estimate of drug-likeness (QED) is 0.834. The van der Waals surface area contributed by atoms with Crippen molar-refractivity contribution in [2.24, 2.45) is 0 Å². The number of benzene rings is 1. The van der Waals surface area contributed by atoms with Crippen molar-refractivity contribution in [1.82, 2.24) is 9.55 Å². The van der Waals surface area contributed by atoms with Gasteiger partial charge in [0.1, 0.15) is 18.0 Å². The van der Waals surface area contributed by atoms with Gasteiger partial charge in [0, 0.05) is 5.69 Å². The Morgan fingerprint density at radius 1 is 1.50 bits per heavy atom. The standard InChI is InChI=1S/C12H10ClFN4O2/c13-11-10(15)12(20)18(6-16-11)5-9(19)17-8-3-1-2-7(14)4-8/h1-4,6H,5,15H2,(H,17,19). The van der Waals surface area contributed by atoms with Gasteiger partial charge in [0.15, 0.2) is 5.15 Å². The van der Waals surface area contributed by atoms with Crippen molar-refractivity contribution in [2.45, 2.75) is 6.54 Å². The van der Waals surface area contributed by atoms with E-state index in [1.54, 1.807) is 0 Å². The highest BCUT2D eigenvalue weighted by atomic mass is 35.5. The minimum Gasteiger partial charge on any atom is -0.392 e. The summed E-state index contributed by atoms with van der Waals surface area (Å²) >= 11 is 5.58. The molecule has 1 aromatic carbocycles. The number of halogens is 2. The lowest BCUT2D eigenvalue weighted by molar-refractivity contribution is -0.116. The molecule has 0 radical (unpaired) electrons. The summed E-state index contributed by atoms with van der Waals surface area (Å²) in [7, 11) is 0. The highest BCUT2D eigenvalue weighted by Gasteiger charge is 2.10. The van der Waals surface area contributed by atoms with E-state index >= 15 is 0 Å². The van der Waals surface area contributed by atoms with E-state index in [4.69, 9.17) is 17.3 Å². The molecule has 20 heavy (non-hydrogen) atoms. The smallest absolute Gasteiger partial charge is 0.278 e. The number of rotatable bonds is 3. The van der Waals surface area contributed by atoms with Crippen LogP contribution in [0.15, 0.2) is 35.4 Å². The van der Waals surface area contributed by atoms with Crippen molar-refractivity contribution in [3.63, 3.8) is 0 Å². The van der Waals surface area contributed by atoms with Gasteiger partial charge in [-0.3, -0.25) is 14.2 Å². The van der Waals surface area contributed by atoms with Crippen molar-refractivity contribution in [3.05, 3.63) is 51.9 Å². The van der Waals surface area contributed by atoms with Crippen LogP contribution in [0.2, 0.25) is 5.15 Å². The molecule has 3 N–H and O–H groups in total. The zero-order valence-corrected chi connectivity index (χ0v) is 10.9. The molecule has 0 bridgehead atoms. The van der Waals surface area contributed by atoms with Crippen molar-refractivity contribution in [2.75, 3.05) is 11.1 Å². The van der Waals surface area contributed by atoms with Gasteiger partial charge in [0.2, 0.25) is 5.91 Å². The van der Waals surface area contributed by atoms with Gasteiger partial charge in [-0.2, -0.15) is 0 Å². The van der Waals surface area contributed by atoms with E-state index < -0.39 is 17.3 Å². The predicted molar refractivity (Wildman–Crippen MR) is 72.9 cm³/mol. The van der Waals surface area contributed by atoms with Crippen LogP contribution in [-0.2, 0) is 11.3 Å². The Bertz CT molecular complexity index is 717. The molecule has 104 valence electrons. The normalized spacial score (nSPS) is 10.3. The molecule has 2 aromatic rings. The maximum absolute atomic E-state index is 13.0. The number of carbonyl (C=O) groups excluding carboxylic acids is 1. The van der Waals surface area contributed by atoms with Crippen LogP contribution in [0.25, 0.3) is 0 Å². The molecule has 8 heteroatoms. The van der Waals surface area contributed by atoms with Crippen molar-refractivity contribution < 1.29 is 9.18 Å². The molecule has 1 amide bonds. The molecule has 0 atom stereocenters. The molecule has 0 spiro atoms. The third-order valence-electron chi connectivity index (χ3n) is 2.45. The SMILES string of the molecule is Nc1c(Cl)ncn(CC(=O)Nc2cccc(F)c2)c1=O. The van der Waals surface area contributed by atoms with Gasteiger partial charge in [-0.15, -0.1) is 0 Å². The van der Waals surface area contributed by atoms with Crippen molar-refractivity contribution >= 4 is 28.9 Å². The van der Waals surface area contributed by atoms with E-state index in [1.807, 2.05) is 0 Å². The van der Waals surface area contributed by atoms with Crippen LogP contribution in [0.5, 0.6) is 0 Å². The van der Waals surface area contributed by atoms with E-state index in [1.165, 1.54) is 18.2 Å². The first-order valence-electron chi connectivity index (χ1n) is 5.53. The molecular weight excluding hydrogens is 287 g/mol. The maximum Gasteiger partial charge on any atom is 0.278 e. The number of anilines is 2. The lowest BCUT2D eigenvalue weighted by Gasteiger charge is -2.08. The Hall–Kier alpha value is -2.41. The summed E-state index contributed by atoms with van der Waals surface area (Å²) in [5.74, 6) is -0.987. The number of aromatic nitrogens is 2. The van der Waals surface area contributed by atoms with E-state index in [2.05, 4.69) is 10.3 Å². The van der Waals surface area contributed by atoms with Gasteiger partial charge in [-0.1, -0.05) is 17.7 Å². The average Bonchev–Trinajstić information content (AvgIpc) is 2.39. The number of nitrogens with one attached hydrogen (secondary N) is 1. The first kappa shape index (κ1) is 14.0. The highest BCUT2D eigenvalue weighted by molar-refractivity contribution is 6.31. The van der Waals surface area contributed by atoms with Gasteiger partial charge in [-0.05, 0) is 18.2 Å². The Morgan fingerprint density at radius 3 is 2.95 bits per heavy atom. The van der Waals surface area contributed by atoms with Crippen molar-refractivity contribution in [1.29, 1.82) is 0 Å². The van der Waals surface area contributed by atoms with Crippen LogP contribution in [0.3, 0.4) is 0 Å². The fourth-order valence-electron chi connectivity index (χ4n) is 1.52. The van der Waals surface area contributed by atoms with Gasteiger partial charge < -0.3 is 11.1 Å². The Kier molecular flexibility index (Phi) is 3.99. The molecule has 1 heterocycles. The lowest BCUT2D eigenvalue weighted by atomic mass is 10.3. The van der Waals surface area contributed by atoms with Crippen LogP contribution < -0.4 is 16.6 Å². The fourth-order valence-corrected chi connectivity index (χ4v) is 1.64. The number of nitrogens with two attached hydrogens (primary N) is 1. The maximum atomic E-state index is 13.0. The predicted octanol–water partition coefficient (Wildman–Crippen LogP) is 1.26. The molecular formula is C12H10ClFN4O2. The Morgan fingerprint density at radius 2 is 2.25 bits per heavy atom. The van der Waals surface area contributed by atoms with Crippen LogP contribution in [0.1, 0.15) is 0 Å². The molecule has 0 unspecified atom stereocenters. The summed E-state index contributed by atoms with van der Waals surface area (Å²) in [5, 5.41) is 2.34. The number of hydrogen-bond donors (Lipinski definition) is 2. The largest absolute Gasteiger partial charge is 0.392 e. The zero-order valence-electron chi connectivity index (χ0n) is 10.1. The highest BCUT2D eigenvalue weighted by Crippen LogP contribution is 2.10.